The van der Waals surface area contributed by atoms with Crippen molar-refractivity contribution in [3.8, 4) is 5.75 Å². The molecule has 1 aromatic rings. The van der Waals surface area contributed by atoms with Crippen molar-refractivity contribution < 1.29 is 14.3 Å². The van der Waals surface area contributed by atoms with Crippen molar-refractivity contribution in [3.63, 3.8) is 0 Å². The molecule has 0 spiro atoms. The number of ether oxygens (including phenoxy) is 1. The molecule has 0 atom stereocenters. The molecule has 9 heteroatoms. The zero-order chi connectivity index (χ0) is 19.1. The van der Waals surface area contributed by atoms with E-state index in [9.17, 15) is 9.59 Å². The van der Waals surface area contributed by atoms with E-state index >= 15 is 0 Å². The Kier molecular flexibility index (Phi) is 8.81. The van der Waals surface area contributed by atoms with Gasteiger partial charge in [-0.25, -0.2) is 9.79 Å². The fraction of sp³-hybridized carbons (Fsp3) is 0.526. The second-order valence-corrected chi connectivity index (χ2v) is 6.69. The Bertz CT molecular complexity index is 693. The topological polar surface area (TPSA) is 95.1 Å². The molecule has 1 heterocycles. The molecule has 0 radical (unpaired) electrons. The lowest BCUT2D eigenvalue weighted by molar-refractivity contribution is -0.124. The zero-order valence-corrected chi connectivity index (χ0v) is 18.4. The Labute approximate surface area is 182 Å². The summed E-state index contributed by atoms with van der Waals surface area (Å²) in [7, 11) is 0. The van der Waals surface area contributed by atoms with Gasteiger partial charge in [0.15, 0.2) is 5.96 Å². The maximum atomic E-state index is 11.6. The molecule has 0 unspecified atom stereocenters. The number of nitrogens with one attached hydrogen (secondary N) is 3. The first-order valence-corrected chi connectivity index (χ1v) is 9.48. The van der Waals surface area contributed by atoms with Crippen molar-refractivity contribution >= 4 is 41.9 Å². The number of para-hydroxylation sites is 1. The maximum Gasteiger partial charge on any atom is 0.324 e. The molecule has 1 aliphatic carbocycles. The summed E-state index contributed by atoms with van der Waals surface area (Å²) in [5.41, 5.74) is 1.03. The van der Waals surface area contributed by atoms with Gasteiger partial charge in [0.2, 0.25) is 5.91 Å². The third-order valence-corrected chi connectivity index (χ3v) is 4.46. The number of hydrogen-bond acceptors (Lipinski definition) is 4. The maximum absolute atomic E-state index is 11.6. The lowest BCUT2D eigenvalue weighted by atomic mass is 10.2. The van der Waals surface area contributed by atoms with Crippen LogP contribution >= 0.6 is 24.0 Å². The lowest BCUT2D eigenvalue weighted by Gasteiger charge is -2.15. The summed E-state index contributed by atoms with van der Waals surface area (Å²) in [6, 6.07) is 7.60. The molecular weight excluding hydrogens is 473 g/mol. The molecule has 3 rings (SSSR count). The quantitative estimate of drug-likeness (QED) is 0.207. The summed E-state index contributed by atoms with van der Waals surface area (Å²) in [6.07, 6.45) is 2.51. The van der Waals surface area contributed by atoms with Crippen LogP contribution in [0, 0.1) is 5.92 Å². The molecule has 1 aromatic carbocycles. The van der Waals surface area contributed by atoms with Crippen molar-refractivity contribution in [2.75, 3.05) is 32.8 Å². The number of nitrogens with zero attached hydrogens (tertiary/aromatic N) is 2. The Morgan fingerprint density at radius 2 is 2.07 bits per heavy atom. The molecule has 28 heavy (non-hydrogen) atoms. The number of hydrogen-bond donors (Lipinski definition) is 3. The highest BCUT2D eigenvalue weighted by atomic mass is 127. The minimum atomic E-state index is -0.342. The molecule has 8 nitrogen and oxygen atoms in total. The number of aliphatic imine (C=N–C) groups is 1. The molecule has 0 aromatic heterocycles. The molecule has 1 aliphatic heterocycles. The summed E-state index contributed by atoms with van der Waals surface area (Å²) < 4.78 is 5.93. The van der Waals surface area contributed by atoms with Crippen molar-refractivity contribution in [1.29, 1.82) is 0 Å². The fourth-order valence-electron chi connectivity index (χ4n) is 2.74. The third-order valence-electron chi connectivity index (χ3n) is 4.46. The van der Waals surface area contributed by atoms with E-state index < -0.39 is 0 Å². The van der Waals surface area contributed by atoms with Gasteiger partial charge < -0.3 is 20.7 Å². The number of carbonyl (C=O) groups is 2. The van der Waals surface area contributed by atoms with Gasteiger partial charge in [0, 0.05) is 25.2 Å². The Morgan fingerprint density at radius 3 is 2.75 bits per heavy atom. The highest BCUT2D eigenvalue weighted by Crippen LogP contribution is 2.30. The Balaban J connectivity index is 0.00000280. The smallest absolute Gasteiger partial charge is 0.324 e. The monoisotopic (exact) mass is 501 g/mol. The first-order valence-electron chi connectivity index (χ1n) is 9.48. The largest absolute Gasteiger partial charge is 0.493 e. The number of benzene rings is 1. The second kappa shape index (κ2) is 11.1. The van der Waals surface area contributed by atoms with Crippen LogP contribution in [0.3, 0.4) is 0 Å². The minimum absolute atomic E-state index is 0. The van der Waals surface area contributed by atoms with E-state index in [-0.39, 0.29) is 42.5 Å². The molecule has 2 aliphatic rings. The average Bonchev–Trinajstić information content (AvgIpc) is 3.45. The number of rotatable bonds is 9. The van der Waals surface area contributed by atoms with Crippen LogP contribution in [-0.4, -0.2) is 55.6 Å². The SMILES string of the molecule is CCNC(=NCc1ccccc1OCC1CC1)NCCN1C(=O)CNC1=O.I. The number of amides is 3. The molecule has 3 amide bonds. The van der Waals surface area contributed by atoms with Gasteiger partial charge >= 0.3 is 6.03 Å². The van der Waals surface area contributed by atoms with E-state index in [4.69, 9.17) is 4.74 Å². The van der Waals surface area contributed by atoms with E-state index in [1.54, 1.807) is 0 Å². The Morgan fingerprint density at radius 1 is 1.29 bits per heavy atom. The Hall–Kier alpha value is -2.04. The van der Waals surface area contributed by atoms with Crippen molar-refractivity contribution in [3.05, 3.63) is 29.8 Å². The standard InChI is InChI=1S/C19H27N5O3.HI/c1-2-20-18(21-9-10-24-17(25)12-23-19(24)26)22-11-15-5-3-4-6-16(15)27-13-14-7-8-14;/h3-6,14H,2,7-13H2,1H3,(H,23,26)(H2,20,21,22);1H. The molecule has 1 saturated carbocycles. The van der Waals surface area contributed by atoms with Crippen LogP contribution in [0.1, 0.15) is 25.3 Å². The van der Waals surface area contributed by atoms with Crippen LogP contribution in [0.2, 0.25) is 0 Å². The molecule has 2 fully saturated rings. The van der Waals surface area contributed by atoms with Crippen molar-refractivity contribution in [2.24, 2.45) is 10.9 Å². The average molecular weight is 501 g/mol. The first-order chi connectivity index (χ1) is 13.2. The van der Waals surface area contributed by atoms with Crippen LogP contribution in [0.15, 0.2) is 29.3 Å². The fourth-order valence-corrected chi connectivity index (χ4v) is 2.74. The highest BCUT2D eigenvalue weighted by Gasteiger charge is 2.27. The first kappa shape index (κ1) is 22.3. The predicted molar refractivity (Wildman–Crippen MR) is 118 cm³/mol. The molecule has 0 bridgehead atoms. The van der Waals surface area contributed by atoms with Crippen LogP contribution in [-0.2, 0) is 11.3 Å². The second-order valence-electron chi connectivity index (χ2n) is 6.69. The molecular formula is C19H28IN5O3. The number of urea groups is 1. The van der Waals surface area contributed by atoms with Crippen LogP contribution in [0.25, 0.3) is 0 Å². The highest BCUT2D eigenvalue weighted by molar-refractivity contribution is 14.0. The number of carbonyl (C=O) groups excluding carboxylic acids is 2. The van der Waals surface area contributed by atoms with Crippen molar-refractivity contribution in [1.82, 2.24) is 20.9 Å². The van der Waals surface area contributed by atoms with Gasteiger partial charge in [-0.05, 0) is 31.7 Å². The molecule has 154 valence electrons. The summed E-state index contributed by atoms with van der Waals surface area (Å²) in [5.74, 6) is 2.02. The number of guanidine groups is 1. The third kappa shape index (κ3) is 6.54. The normalized spacial score (nSPS) is 16.5. The molecule has 3 N–H and O–H groups in total. The lowest BCUT2D eigenvalue weighted by Crippen LogP contribution is -2.43. The minimum Gasteiger partial charge on any atom is -0.493 e. The van der Waals surface area contributed by atoms with Gasteiger partial charge in [-0.2, -0.15) is 0 Å². The van der Waals surface area contributed by atoms with Gasteiger partial charge in [-0.1, -0.05) is 18.2 Å². The van der Waals surface area contributed by atoms with Crippen molar-refractivity contribution in [2.45, 2.75) is 26.3 Å². The summed E-state index contributed by atoms with van der Waals surface area (Å²) in [5, 5.41) is 8.85. The predicted octanol–water partition coefficient (Wildman–Crippen LogP) is 1.70. The van der Waals surface area contributed by atoms with E-state index in [1.165, 1.54) is 17.7 Å². The summed E-state index contributed by atoms with van der Waals surface area (Å²) in [4.78, 5) is 29.0. The van der Waals surface area contributed by atoms with E-state index in [2.05, 4.69) is 20.9 Å². The van der Waals surface area contributed by atoms with E-state index in [0.29, 0.717) is 31.5 Å². The summed E-state index contributed by atoms with van der Waals surface area (Å²) in [6.45, 7) is 4.77. The van der Waals surface area contributed by atoms with Gasteiger partial charge in [0.1, 0.15) is 5.75 Å². The van der Waals surface area contributed by atoms with Gasteiger partial charge in [0.05, 0.1) is 19.7 Å². The number of halogens is 1. The molecule has 1 saturated heterocycles. The van der Waals surface area contributed by atoms with Crippen LogP contribution < -0.4 is 20.7 Å². The number of imide groups is 1. The van der Waals surface area contributed by atoms with Gasteiger partial charge in [-0.15, -0.1) is 24.0 Å². The summed E-state index contributed by atoms with van der Waals surface area (Å²) >= 11 is 0. The van der Waals surface area contributed by atoms with Crippen LogP contribution in [0.4, 0.5) is 4.79 Å². The van der Waals surface area contributed by atoms with Gasteiger partial charge in [0.25, 0.3) is 0 Å². The van der Waals surface area contributed by atoms with E-state index in [0.717, 1.165) is 24.5 Å². The van der Waals surface area contributed by atoms with Crippen LogP contribution in [0.5, 0.6) is 5.75 Å². The van der Waals surface area contributed by atoms with Gasteiger partial charge in [-0.3, -0.25) is 9.69 Å². The van der Waals surface area contributed by atoms with E-state index in [1.807, 2.05) is 31.2 Å². The zero-order valence-electron chi connectivity index (χ0n) is 16.1.